The molecule has 1 aliphatic rings. The zero-order chi connectivity index (χ0) is 21.0. The number of hydrogen-bond donors (Lipinski definition) is 1. The normalized spacial score (nSPS) is 21.4. The summed E-state index contributed by atoms with van der Waals surface area (Å²) in [7, 11) is 2.17. The Labute approximate surface area is 173 Å². The maximum absolute atomic E-state index is 12.3. The predicted octanol–water partition coefficient (Wildman–Crippen LogP) is 4.05. The minimum Gasteiger partial charge on any atom is -0.356 e. The summed E-state index contributed by atoms with van der Waals surface area (Å²) in [6.07, 6.45) is 10.9. The number of methoxy groups -OCH3 is 2. The van der Waals surface area contributed by atoms with E-state index in [0.29, 0.717) is 18.4 Å². The second-order valence-electron chi connectivity index (χ2n) is 8.97. The number of carbonyl (C=O) groups is 1. The van der Waals surface area contributed by atoms with Crippen LogP contribution < -0.4 is 5.32 Å². The van der Waals surface area contributed by atoms with Gasteiger partial charge >= 0.3 is 0 Å². The van der Waals surface area contributed by atoms with Crippen LogP contribution in [0.25, 0.3) is 0 Å². The van der Waals surface area contributed by atoms with Crippen LogP contribution >= 0.6 is 0 Å². The Bertz CT molecular complexity index is 487. The Kier molecular flexibility index (Phi) is 11.9. The summed E-state index contributed by atoms with van der Waals surface area (Å²) in [4.78, 5) is 14.8. The molecule has 1 saturated heterocycles. The molecule has 1 amide bonds. The van der Waals surface area contributed by atoms with Crippen molar-refractivity contribution in [2.75, 3.05) is 33.9 Å². The van der Waals surface area contributed by atoms with E-state index in [4.69, 9.17) is 9.47 Å². The van der Waals surface area contributed by atoms with E-state index in [1.165, 1.54) is 12.5 Å². The van der Waals surface area contributed by atoms with Gasteiger partial charge in [0.2, 0.25) is 5.91 Å². The second kappa shape index (κ2) is 13.3. The van der Waals surface area contributed by atoms with Crippen molar-refractivity contribution in [3.05, 3.63) is 24.8 Å². The Morgan fingerprint density at radius 3 is 2.64 bits per heavy atom. The SMILES string of the molecule is C=CCN1CCC[C@@H](CNC(=O)CCCC(OC)OC)[C@@H]1/C=C/C[Si](C)(C)C. The third-order valence-corrected chi connectivity index (χ3v) is 6.74. The van der Waals surface area contributed by atoms with Gasteiger partial charge < -0.3 is 14.8 Å². The first-order valence-electron chi connectivity index (χ1n) is 10.6. The van der Waals surface area contributed by atoms with Crippen molar-refractivity contribution in [2.24, 2.45) is 5.92 Å². The first-order valence-corrected chi connectivity index (χ1v) is 14.3. The lowest BCUT2D eigenvalue weighted by atomic mass is 9.88. The summed E-state index contributed by atoms with van der Waals surface area (Å²) in [5, 5.41) is 3.16. The monoisotopic (exact) mass is 410 g/mol. The number of allylic oxidation sites excluding steroid dienone is 1. The molecule has 0 spiro atoms. The molecule has 1 rings (SSSR count). The second-order valence-corrected chi connectivity index (χ2v) is 14.5. The predicted molar refractivity (Wildman–Crippen MR) is 120 cm³/mol. The van der Waals surface area contributed by atoms with Gasteiger partial charge in [-0.1, -0.05) is 37.9 Å². The molecule has 0 aromatic rings. The van der Waals surface area contributed by atoms with Crippen LogP contribution in [0.5, 0.6) is 0 Å². The Balaban J connectivity index is 2.56. The lowest BCUT2D eigenvalue weighted by Crippen LogP contribution is -2.48. The topological polar surface area (TPSA) is 50.8 Å². The highest BCUT2D eigenvalue weighted by Crippen LogP contribution is 2.25. The molecule has 0 saturated carbocycles. The summed E-state index contributed by atoms with van der Waals surface area (Å²) in [5.74, 6) is 0.581. The number of ether oxygens (including phenoxy) is 2. The van der Waals surface area contributed by atoms with Crippen LogP contribution in [-0.2, 0) is 14.3 Å². The smallest absolute Gasteiger partial charge is 0.220 e. The fraction of sp³-hybridized carbons (Fsp3) is 0.773. The van der Waals surface area contributed by atoms with Gasteiger partial charge in [0.15, 0.2) is 6.29 Å². The average Bonchev–Trinajstić information content (AvgIpc) is 2.64. The minimum atomic E-state index is -1.09. The van der Waals surface area contributed by atoms with Crippen LogP contribution in [0.1, 0.15) is 32.1 Å². The van der Waals surface area contributed by atoms with Crippen molar-refractivity contribution in [1.82, 2.24) is 10.2 Å². The number of nitrogens with zero attached hydrogens (tertiary/aromatic N) is 1. The van der Waals surface area contributed by atoms with Gasteiger partial charge in [-0.3, -0.25) is 9.69 Å². The number of rotatable bonds is 13. The van der Waals surface area contributed by atoms with E-state index in [0.717, 1.165) is 38.9 Å². The summed E-state index contributed by atoms with van der Waals surface area (Å²) < 4.78 is 10.3. The molecule has 0 radical (unpaired) electrons. The quantitative estimate of drug-likeness (QED) is 0.283. The highest BCUT2D eigenvalue weighted by Gasteiger charge is 2.29. The van der Waals surface area contributed by atoms with Crippen molar-refractivity contribution in [2.45, 2.75) is 70.1 Å². The molecule has 0 bridgehead atoms. The average molecular weight is 411 g/mol. The molecule has 0 aromatic heterocycles. The zero-order valence-corrected chi connectivity index (χ0v) is 19.7. The largest absolute Gasteiger partial charge is 0.356 e. The van der Waals surface area contributed by atoms with Gasteiger partial charge in [0.1, 0.15) is 0 Å². The van der Waals surface area contributed by atoms with Crippen molar-refractivity contribution in [3.63, 3.8) is 0 Å². The number of carbonyl (C=O) groups excluding carboxylic acids is 1. The van der Waals surface area contributed by atoms with Gasteiger partial charge in [-0.15, -0.1) is 6.58 Å². The molecule has 162 valence electrons. The lowest BCUT2D eigenvalue weighted by molar-refractivity contribution is -0.123. The molecule has 5 nitrogen and oxygen atoms in total. The third-order valence-electron chi connectivity index (χ3n) is 5.28. The van der Waals surface area contributed by atoms with Crippen LogP contribution in [-0.4, -0.2) is 65.1 Å². The number of amides is 1. The molecule has 1 N–H and O–H groups in total. The van der Waals surface area contributed by atoms with Crippen LogP contribution in [0.3, 0.4) is 0 Å². The number of nitrogens with one attached hydrogen (secondary N) is 1. The molecular formula is C22H42N2O3Si. The molecule has 0 aromatic carbocycles. The Morgan fingerprint density at radius 2 is 2.04 bits per heavy atom. The highest BCUT2D eigenvalue weighted by atomic mass is 28.3. The van der Waals surface area contributed by atoms with Crippen molar-refractivity contribution < 1.29 is 14.3 Å². The van der Waals surface area contributed by atoms with Gasteiger partial charge in [-0.25, -0.2) is 0 Å². The van der Waals surface area contributed by atoms with E-state index < -0.39 is 8.07 Å². The number of piperidine rings is 1. The molecule has 1 fully saturated rings. The number of hydrogen-bond acceptors (Lipinski definition) is 4. The molecule has 0 unspecified atom stereocenters. The van der Waals surface area contributed by atoms with E-state index in [1.54, 1.807) is 14.2 Å². The van der Waals surface area contributed by atoms with Crippen LogP contribution in [0.4, 0.5) is 0 Å². The first kappa shape index (κ1) is 25.1. The maximum Gasteiger partial charge on any atom is 0.220 e. The van der Waals surface area contributed by atoms with Gasteiger partial charge in [-0.05, 0) is 44.2 Å². The molecule has 28 heavy (non-hydrogen) atoms. The van der Waals surface area contributed by atoms with Crippen molar-refractivity contribution in [1.29, 1.82) is 0 Å². The summed E-state index contributed by atoms with van der Waals surface area (Å²) in [6.45, 7) is 13.9. The van der Waals surface area contributed by atoms with Crippen molar-refractivity contribution in [3.8, 4) is 0 Å². The maximum atomic E-state index is 12.3. The zero-order valence-electron chi connectivity index (χ0n) is 18.7. The fourth-order valence-corrected chi connectivity index (χ4v) is 4.55. The highest BCUT2D eigenvalue weighted by molar-refractivity contribution is 6.76. The Hall–Kier alpha value is -0.953. The molecule has 6 heteroatoms. The van der Waals surface area contributed by atoms with E-state index in [1.807, 2.05) is 6.08 Å². The van der Waals surface area contributed by atoms with Crippen LogP contribution in [0.15, 0.2) is 24.8 Å². The summed E-state index contributed by atoms with van der Waals surface area (Å²) in [5.41, 5.74) is 0. The molecular weight excluding hydrogens is 368 g/mol. The summed E-state index contributed by atoms with van der Waals surface area (Å²) >= 11 is 0. The van der Waals surface area contributed by atoms with Gasteiger partial charge in [0.25, 0.3) is 0 Å². The van der Waals surface area contributed by atoms with E-state index in [-0.39, 0.29) is 12.2 Å². The molecule has 1 heterocycles. The van der Waals surface area contributed by atoms with E-state index >= 15 is 0 Å². The summed E-state index contributed by atoms with van der Waals surface area (Å²) in [6, 6.07) is 1.58. The third kappa shape index (κ3) is 10.0. The van der Waals surface area contributed by atoms with Gasteiger partial charge in [0.05, 0.1) is 0 Å². The van der Waals surface area contributed by atoms with E-state index in [2.05, 4.69) is 48.6 Å². The fourth-order valence-electron chi connectivity index (χ4n) is 3.71. The van der Waals surface area contributed by atoms with Gasteiger partial charge in [0, 0.05) is 47.8 Å². The standard InChI is InChI=1S/C22H42N2O3Si/c1-7-15-24-16-9-11-19(20(24)12-10-17-28(4,5)6)18-23-21(25)13-8-14-22(26-2)27-3/h7,10,12,19-20,22H,1,8-9,11,13-18H2,2-6H3,(H,23,25)/b12-10+/t19-,20-/m0/s1. The van der Waals surface area contributed by atoms with Crippen molar-refractivity contribution >= 4 is 14.0 Å². The van der Waals surface area contributed by atoms with Gasteiger partial charge in [-0.2, -0.15) is 0 Å². The first-order chi connectivity index (χ1) is 13.3. The minimum absolute atomic E-state index is 0.122. The van der Waals surface area contributed by atoms with Crippen LogP contribution in [0, 0.1) is 5.92 Å². The molecule has 1 aliphatic heterocycles. The lowest BCUT2D eigenvalue weighted by Gasteiger charge is -2.39. The van der Waals surface area contributed by atoms with E-state index in [9.17, 15) is 4.79 Å². The van der Waals surface area contributed by atoms with Crippen LogP contribution in [0.2, 0.25) is 25.7 Å². The number of likely N-dealkylation sites (tertiary alicyclic amines) is 1. The Morgan fingerprint density at radius 1 is 1.32 bits per heavy atom. The molecule has 0 aliphatic carbocycles. The molecule has 2 atom stereocenters.